The Balaban J connectivity index is 1.43. The fourth-order valence-electron chi connectivity index (χ4n) is 4.06. The van der Waals surface area contributed by atoms with Crippen LogP contribution in [0.25, 0.3) is 0 Å². The van der Waals surface area contributed by atoms with Crippen molar-refractivity contribution in [2.24, 2.45) is 10.9 Å². The van der Waals surface area contributed by atoms with Crippen LogP contribution < -0.4 is 10.5 Å². The van der Waals surface area contributed by atoms with Crippen LogP contribution in [0.1, 0.15) is 18.0 Å². The highest BCUT2D eigenvalue weighted by Crippen LogP contribution is 2.29. The molecule has 2 aliphatic heterocycles. The molecule has 0 amide bonds. The van der Waals surface area contributed by atoms with Crippen molar-refractivity contribution in [2.45, 2.75) is 25.0 Å². The van der Waals surface area contributed by atoms with Gasteiger partial charge in [-0.15, -0.1) is 11.3 Å². The number of nitrogens with one attached hydrogen (secondary N) is 1. The zero-order valence-electron chi connectivity index (χ0n) is 13.3. The Labute approximate surface area is 144 Å². The summed E-state index contributed by atoms with van der Waals surface area (Å²) in [4.78, 5) is 21.7. The highest BCUT2D eigenvalue weighted by atomic mass is 32.1. The van der Waals surface area contributed by atoms with Crippen LogP contribution in [0.2, 0.25) is 0 Å². The van der Waals surface area contributed by atoms with Gasteiger partial charge in [0.1, 0.15) is 12.6 Å². The first-order valence-corrected chi connectivity index (χ1v) is 9.22. The first-order valence-electron chi connectivity index (χ1n) is 8.34. The first kappa shape index (κ1) is 15.7. The summed E-state index contributed by atoms with van der Waals surface area (Å²) >= 11 is 1.46. The Hall–Kier alpha value is -1.83. The van der Waals surface area contributed by atoms with Crippen LogP contribution in [0.15, 0.2) is 39.6 Å². The number of aliphatic imine (C=N–C) groups is 1. The lowest BCUT2D eigenvalue weighted by Crippen LogP contribution is -3.15. The maximum Gasteiger partial charge on any atom is 0.250 e. The summed E-state index contributed by atoms with van der Waals surface area (Å²) < 4.78 is 1.94. The van der Waals surface area contributed by atoms with E-state index in [2.05, 4.69) is 16.0 Å². The maximum absolute atomic E-state index is 12.0. The Kier molecular flexibility index (Phi) is 4.30. The average Bonchev–Trinajstić information content (AvgIpc) is 3.07. The Morgan fingerprint density at radius 2 is 2.42 bits per heavy atom. The van der Waals surface area contributed by atoms with Crippen LogP contribution in [0.4, 0.5) is 5.13 Å². The number of pyridine rings is 1. The molecular formula is C17H21N4O2S+. The molecule has 24 heavy (non-hydrogen) atoms. The normalized spacial score (nSPS) is 27.1. The van der Waals surface area contributed by atoms with E-state index in [1.165, 1.54) is 16.2 Å². The Morgan fingerprint density at radius 3 is 3.25 bits per heavy atom. The summed E-state index contributed by atoms with van der Waals surface area (Å²) in [5.41, 5.74) is 1.27. The fourth-order valence-corrected chi connectivity index (χ4v) is 4.55. The number of hydrogen-bond acceptors (Lipinski definition) is 5. The molecule has 4 heterocycles. The van der Waals surface area contributed by atoms with E-state index in [9.17, 15) is 9.90 Å². The van der Waals surface area contributed by atoms with E-state index in [0.29, 0.717) is 23.5 Å². The lowest BCUT2D eigenvalue weighted by Gasteiger charge is -2.40. The maximum atomic E-state index is 12.0. The van der Waals surface area contributed by atoms with Crippen molar-refractivity contribution < 1.29 is 10.0 Å². The third-order valence-corrected chi connectivity index (χ3v) is 5.63. The van der Waals surface area contributed by atoms with E-state index in [1.54, 1.807) is 18.5 Å². The van der Waals surface area contributed by atoms with E-state index < -0.39 is 6.10 Å². The van der Waals surface area contributed by atoms with Crippen LogP contribution in [0.5, 0.6) is 0 Å². The molecule has 1 fully saturated rings. The molecule has 0 saturated carbocycles. The van der Waals surface area contributed by atoms with Crippen molar-refractivity contribution in [3.05, 3.63) is 45.8 Å². The second kappa shape index (κ2) is 6.58. The SMILES string of the molecule is O=c1cccc2n1C[C@@H]1C[C@H]2C[NH+](C[C@H](O)C=Nc2nccs2)C1. The van der Waals surface area contributed by atoms with Gasteiger partial charge in [0, 0.05) is 47.9 Å². The third kappa shape index (κ3) is 3.19. The van der Waals surface area contributed by atoms with Crippen molar-refractivity contribution in [3.63, 3.8) is 0 Å². The molecule has 2 aromatic heterocycles. The predicted molar refractivity (Wildman–Crippen MR) is 93.4 cm³/mol. The molecular weight excluding hydrogens is 324 g/mol. The van der Waals surface area contributed by atoms with E-state index in [1.807, 2.05) is 16.0 Å². The van der Waals surface area contributed by atoms with Gasteiger partial charge in [0.2, 0.25) is 5.13 Å². The molecule has 6 nitrogen and oxygen atoms in total. The van der Waals surface area contributed by atoms with Crippen LogP contribution in [-0.4, -0.2) is 46.6 Å². The number of thiazole rings is 1. The van der Waals surface area contributed by atoms with E-state index in [-0.39, 0.29) is 5.56 Å². The van der Waals surface area contributed by atoms with Gasteiger partial charge < -0.3 is 14.6 Å². The van der Waals surface area contributed by atoms with Gasteiger partial charge in [-0.05, 0) is 12.5 Å². The molecule has 0 aliphatic carbocycles. The molecule has 2 N–H and O–H groups in total. The lowest BCUT2D eigenvalue weighted by atomic mass is 9.83. The highest BCUT2D eigenvalue weighted by Gasteiger charge is 2.37. The molecule has 2 bridgehead atoms. The number of aromatic nitrogens is 2. The summed E-state index contributed by atoms with van der Waals surface area (Å²) in [7, 11) is 0. The van der Waals surface area contributed by atoms with Crippen molar-refractivity contribution in [2.75, 3.05) is 19.6 Å². The molecule has 0 aromatic carbocycles. The minimum Gasteiger partial charge on any atom is -0.382 e. The van der Waals surface area contributed by atoms with Gasteiger partial charge in [-0.2, -0.15) is 0 Å². The predicted octanol–water partition coefficient (Wildman–Crippen LogP) is 0.0702. The first-order chi connectivity index (χ1) is 11.7. The average molecular weight is 345 g/mol. The number of likely N-dealkylation sites (tertiary alicyclic amines) is 1. The second-order valence-corrected chi connectivity index (χ2v) is 7.59. The number of fused-ring (bicyclic) bond motifs is 4. The third-order valence-electron chi connectivity index (χ3n) is 4.95. The Morgan fingerprint density at radius 1 is 1.50 bits per heavy atom. The summed E-state index contributed by atoms with van der Waals surface area (Å²) in [6.45, 7) is 3.42. The minimum atomic E-state index is -0.569. The van der Waals surface area contributed by atoms with E-state index in [4.69, 9.17) is 0 Å². The smallest absolute Gasteiger partial charge is 0.250 e. The second-order valence-electron chi connectivity index (χ2n) is 6.72. The van der Waals surface area contributed by atoms with Gasteiger partial charge in [-0.3, -0.25) is 4.79 Å². The van der Waals surface area contributed by atoms with Gasteiger partial charge in [0.15, 0.2) is 0 Å². The number of piperidine rings is 1. The van der Waals surface area contributed by atoms with Gasteiger partial charge in [0.25, 0.3) is 5.56 Å². The summed E-state index contributed by atoms with van der Waals surface area (Å²) in [6, 6.07) is 5.58. The lowest BCUT2D eigenvalue weighted by molar-refractivity contribution is -0.912. The van der Waals surface area contributed by atoms with Crippen LogP contribution in [0, 0.1) is 5.92 Å². The molecule has 1 saturated heterocycles. The van der Waals surface area contributed by atoms with Gasteiger partial charge in [-0.25, -0.2) is 9.98 Å². The highest BCUT2D eigenvalue weighted by molar-refractivity contribution is 7.13. The molecule has 4 rings (SSSR count). The zero-order chi connectivity index (χ0) is 16.5. The van der Waals surface area contributed by atoms with Crippen LogP contribution >= 0.6 is 11.3 Å². The van der Waals surface area contributed by atoms with Crippen molar-refractivity contribution >= 4 is 22.7 Å². The number of aliphatic hydroxyl groups is 1. The van der Waals surface area contributed by atoms with E-state index >= 15 is 0 Å². The van der Waals surface area contributed by atoms with E-state index in [0.717, 1.165) is 31.7 Å². The monoisotopic (exact) mass is 345 g/mol. The quantitative estimate of drug-likeness (QED) is 0.771. The zero-order valence-corrected chi connectivity index (χ0v) is 14.2. The largest absolute Gasteiger partial charge is 0.382 e. The number of aliphatic hydroxyl groups excluding tert-OH is 1. The molecule has 2 aliphatic rings. The standard InChI is InChI=1S/C17H20N4O2S/c22-14(7-19-17-18-4-5-24-17)11-20-8-12-6-13(10-20)15-2-1-3-16(23)21(15)9-12/h1-5,7,12-14,22H,6,8-11H2/p+1/t12-,13+,14-/m1/s1. The molecule has 126 valence electrons. The number of nitrogens with zero attached hydrogens (tertiary/aromatic N) is 3. The van der Waals surface area contributed by atoms with Gasteiger partial charge in [-0.1, -0.05) is 6.07 Å². The molecule has 2 aromatic rings. The number of hydrogen-bond donors (Lipinski definition) is 2. The Bertz CT molecular complexity index is 786. The van der Waals surface area contributed by atoms with Crippen LogP contribution in [0.3, 0.4) is 0 Å². The van der Waals surface area contributed by atoms with Gasteiger partial charge >= 0.3 is 0 Å². The molecule has 1 unspecified atom stereocenters. The van der Waals surface area contributed by atoms with Gasteiger partial charge in [0.05, 0.1) is 13.1 Å². The summed E-state index contributed by atoms with van der Waals surface area (Å²) in [6.07, 6.45) is 3.88. The van der Waals surface area contributed by atoms with Crippen molar-refractivity contribution in [1.82, 2.24) is 9.55 Å². The molecule has 7 heteroatoms. The van der Waals surface area contributed by atoms with Crippen molar-refractivity contribution in [3.8, 4) is 0 Å². The van der Waals surface area contributed by atoms with Crippen molar-refractivity contribution in [1.29, 1.82) is 0 Å². The molecule has 0 spiro atoms. The number of quaternary nitrogens is 1. The topological polar surface area (TPSA) is 71.9 Å². The molecule has 4 atom stereocenters. The summed E-state index contributed by atoms with van der Waals surface area (Å²) in [5, 5.41) is 12.8. The molecule has 0 radical (unpaired) electrons. The van der Waals surface area contributed by atoms with Crippen LogP contribution in [-0.2, 0) is 6.54 Å². The number of rotatable bonds is 4. The summed E-state index contributed by atoms with van der Waals surface area (Å²) in [5.74, 6) is 0.916. The minimum absolute atomic E-state index is 0.112. The fraction of sp³-hybridized carbons (Fsp3) is 0.471.